The van der Waals surface area contributed by atoms with Crippen LogP contribution < -0.4 is 15.0 Å². The number of urea groups is 1. The highest BCUT2D eigenvalue weighted by Gasteiger charge is 2.53. The largest absolute Gasteiger partial charge is 0.497 e. The van der Waals surface area contributed by atoms with E-state index in [4.69, 9.17) is 4.74 Å². The Morgan fingerprint density at radius 2 is 1.64 bits per heavy atom. The molecule has 4 amide bonds. The molecule has 1 saturated heterocycles. The summed E-state index contributed by atoms with van der Waals surface area (Å²) < 4.78 is 5.22. The van der Waals surface area contributed by atoms with Crippen LogP contribution in [0.25, 0.3) is 10.9 Å². The number of benzene rings is 4. The van der Waals surface area contributed by atoms with Gasteiger partial charge in [-0.2, -0.15) is 0 Å². The highest BCUT2D eigenvalue weighted by atomic mass is 16.5. The van der Waals surface area contributed by atoms with Crippen LogP contribution in [0.1, 0.15) is 64.1 Å². The minimum absolute atomic E-state index is 0.259. The summed E-state index contributed by atoms with van der Waals surface area (Å²) in [5.41, 5.74) is 6.48. The number of anilines is 1. The van der Waals surface area contributed by atoms with Gasteiger partial charge in [0.1, 0.15) is 17.8 Å². The third-order valence-corrected chi connectivity index (χ3v) is 8.97. The van der Waals surface area contributed by atoms with Crippen molar-refractivity contribution in [3.8, 4) is 5.75 Å². The van der Waals surface area contributed by atoms with E-state index in [2.05, 4.69) is 54.5 Å². The lowest BCUT2D eigenvalue weighted by Gasteiger charge is -2.36. The van der Waals surface area contributed by atoms with Crippen molar-refractivity contribution in [2.24, 2.45) is 0 Å². The number of ether oxygens (including phenoxy) is 1. The van der Waals surface area contributed by atoms with Crippen LogP contribution in [0.2, 0.25) is 0 Å². The molecule has 7 rings (SSSR count). The fraction of sp³-hybridized carbons (Fsp3) is 0.216. The molecule has 0 saturated carbocycles. The first-order valence-electron chi connectivity index (χ1n) is 15.2. The number of nitrogens with zero attached hydrogens (tertiary/aromatic N) is 2. The minimum Gasteiger partial charge on any atom is -0.497 e. The molecular weight excluding hydrogens is 564 g/mol. The molecule has 0 spiro atoms. The lowest BCUT2D eigenvalue weighted by atomic mass is 9.88. The highest BCUT2D eigenvalue weighted by molar-refractivity contribution is 6.24. The summed E-state index contributed by atoms with van der Waals surface area (Å²) in [6.45, 7) is 4.57. The van der Waals surface area contributed by atoms with Crippen LogP contribution in [-0.4, -0.2) is 40.9 Å². The van der Waals surface area contributed by atoms with Crippen LogP contribution in [0.15, 0.2) is 97.1 Å². The Morgan fingerprint density at radius 1 is 0.933 bits per heavy atom. The first kappa shape index (κ1) is 28.4. The van der Waals surface area contributed by atoms with Gasteiger partial charge in [-0.15, -0.1) is 0 Å². The average Bonchev–Trinajstić information content (AvgIpc) is 3.56. The van der Waals surface area contributed by atoms with Gasteiger partial charge in [-0.05, 0) is 58.5 Å². The molecule has 45 heavy (non-hydrogen) atoms. The Kier molecular flexibility index (Phi) is 7.12. The third kappa shape index (κ3) is 4.83. The van der Waals surface area contributed by atoms with Crippen molar-refractivity contribution in [1.82, 2.24) is 15.2 Å². The lowest BCUT2D eigenvalue weighted by molar-refractivity contribution is -0.120. The van der Waals surface area contributed by atoms with Crippen molar-refractivity contribution in [2.75, 3.05) is 12.0 Å². The summed E-state index contributed by atoms with van der Waals surface area (Å²) in [5, 5.41) is 3.99. The van der Waals surface area contributed by atoms with E-state index < -0.39 is 18.1 Å². The third-order valence-electron chi connectivity index (χ3n) is 8.97. The molecular formula is C37H34N4O4. The highest BCUT2D eigenvalue weighted by Crippen LogP contribution is 2.45. The number of carbonyl (C=O) groups excluding carboxylic acids is 3. The van der Waals surface area contributed by atoms with Gasteiger partial charge in [0.25, 0.3) is 11.8 Å². The summed E-state index contributed by atoms with van der Waals surface area (Å²) in [6, 6.07) is 28.9. The molecule has 8 heteroatoms. The molecule has 0 unspecified atom stereocenters. The quantitative estimate of drug-likeness (QED) is 0.204. The molecule has 1 aromatic heterocycles. The van der Waals surface area contributed by atoms with Gasteiger partial charge in [0, 0.05) is 29.6 Å². The maximum Gasteiger partial charge on any atom is 0.332 e. The molecule has 4 aromatic carbocycles. The number of aromatic nitrogens is 1. The fourth-order valence-corrected chi connectivity index (χ4v) is 6.59. The number of fused-ring (bicyclic) bond motifs is 4. The van der Waals surface area contributed by atoms with Crippen LogP contribution in [0.3, 0.4) is 0 Å². The number of hydrogen-bond acceptors (Lipinski definition) is 4. The second kappa shape index (κ2) is 11.3. The normalized spacial score (nSPS) is 17.5. The molecule has 5 aromatic rings. The number of nitrogens with one attached hydrogen (secondary N) is 2. The number of para-hydroxylation sites is 2. The lowest BCUT2D eigenvalue weighted by Crippen LogP contribution is -2.44. The number of rotatable bonds is 7. The monoisotopic (exact) mass is 598 g/mol. The zero-order valence-electron chi connectivity index (χ0n) is 25.4. The molecule has 0 aliphatic carbocycles. The summed E-state index contributed by atoms with van der Waals surface area (Å²) in [5.74, 6) is 0.380. The summed E-state index contributed by atoms with van der Waals surface area (Å²) in [4.78, 5) is 48.6. The zero-order valence-corrected chi connectivity index (χ0v) is 25.4. The van der Waals surface area contributed by atoms with Crippen molar-refractivity contribution >= 4 is 34.4 Å². The Morgan fingerprint density at radius 3 is 2.38 bits per heavy atom. The van der Waals surface area contributed by atoms with Gasteiger partial charge in [-0.25, -0.2) is 9.69 Å². The van der Waals surface area contributed by atoms with Crippen molar-refractivity contribution < 1.29 is 19.1 Å². The van der Waals surface area contributed by atoms with Crippen LogP contribution in [0.5, 0.6) is 5.75 Å². The molecule has 226 valence electrons. The average molecular weight is 599 g/mol. The standard InChI is InChI=1S/C37H34N4O4/c1-22(2)24-14-16-25(17-15-24)34-33-29(27-8-4-6-10-30(27)39-33)20-32-36(43)41(37(44)40(32)34)31-11-7-5-9-28(31)35(42)38-21-23-12-18-26(45-3)19-13-23/h4-19,22,32,34,39H,20-21H2,1-3H3,(H,38,42)/t32-,34+/m0/s1. The zero-order chi connectivity index (χ0) is 31.2. The van der Waals surface area contributed by atoms with E-state index in [1.54, 1.807) is 36.3 Å². The van der Waals surface area contributed by atoms with E-state index in [0.717, 1.165) is 39.0 Å². The molecule has 2 atom stereocenters. The molecule has 2 aliphatic rings. The minimum atomic E-state index is -0.714. The summed E-state index contributed by atoms with van der Waals surface area (Å²) >= 11 is 0. The number of methoxy groups -OCH3 is 1. The van der Waals surface area contributed by atoms with Gasteiger partial charge in [-0.3, -0.25) is 14.5 Å². The van der Waals surface area contributed by atoms with Crippen molar-refractivity contribution in [3.05, 3.63) is 131 Å². The predicted octanol–water partition coefficient (Wildman–Crippen LogP) is 6.71. The van der Waals surface area contributed by atoms with E-state index in [9.17, 15) is 14.4 Å². The van der Waals surface area contributed by atoms with E-state index in [1.807, 2.05) is 42.5 Å². The van der Waals surface area contributed by atoms with Gasteiger partial charge in [0.15, 0.2) is 0 Å². The van der Waals surface area contributed by atoms with Crippen molar-refractivity contribution in [1.29, 1.82) is 0 Å². The predicted molar refractivity (Wildman–Crippen MR) is 173 cm³/mol. The summed E-state index contributed by atoms with van der Waals surface area (Å²) in [7, 11) is 1.60. The smallest absolute Gasteiger partial charge is 0.332 e. The second-order valence-electron chi connectivity index (χ2n) is 11.9. The number of aromatic amines is 1. The molecule has 0 bridgehead atoms. The van der Waals surface area contributed by atoms with Crippen molar-refractivity contribution in [3.63, 3.8) is 0 Å². The topological polar surface area (TPSA) is 94.7 Å². The van der Waals surface area contributed by atoms with Gasteiger partial charge in [0.05, 0.1) is 18.4 Å². The van der Waals surface area contributed by atoms with E-state index in [0.29, 0.717) is 12.3 Å². The van der Waals surface area contributed by atoms with E-state index >= 15 is 0 Å². The Labute approximate surface area is 261 Å². The SMILES string of the molecule is COc1ccc(CNC(=O)c2ccccc2N2C(=O)[C@@H]3Cc4c([nH]c5ccccc45)[C@@H](c4ccc(C(C)C)cc4)N3C2=O)cc1. The number of amides is 4. The van der Waals surface area contributed by atoms with Crippen LogP contribution in [0.4, 0.5) is 10.5 Å². The van der Waals surface area contributed by atoms with E-state index in [1.165, 1.54) is 10.5 Å². The molecule has 2 N–H and O–H groups in total. The fourth-order valence-electron chi connectivity index (χ4n) is 6.59. The summed E-state index contributed by atoms with van der Waals surface area (Å²) in [6.07, 6.45) is 0.382. The Balaban J connectivity index is 1.25. The first-order valence-corrected chi connectivity index (χ1v) is 15.2. The van der Waals surface area contributed by atoms with Crippen LogP contribution >= 0.6 is 0 Å². The van der Waals surface area contributed by atoms with Gasteiger partial charge in [0.2, 0.25) is 0 Å². The van der Waals surface area contributed by atoms with Crippen molar-refractivity contribution in [2.45, 2.75) is 44.8 Å². The molecule has 0 radical (unpaired) electrons. The van der Waals surface area contributed by atoms with Gasteiger partial charge < -0.3 is 15.0 Å². The first-order chi connectivity index (χ1) is 21.9. The second-order valence-corrected chi connectivity index (χ2v) is 11.9. The maximum absolute atomic E-state index is 14.4. The van der Waals surface area contributed by atoms with Gasteiger partial charge in [-0.1, -0.05) is 80.6 Å². The van der Waals surface area contributed by atoms with Crippen LogP contribution in [0, 0.1) is 0 Å². The van der Waals surface area contributed by atoms with Gasteiger partial charge >= 0.3 is 6.03 Å². The Hall–Kier alpha value is -5.37. The molecule has 3 heterocycles. The number of hydrogen-bond donors (Lipinski definition) is 2. The van der Waals surface area contributed by atoms with Crippen LogP contribution in [-0.2, 0) is 17.8 Å². The number of imide groups is 1. The maximum atomic E-state index is 14.4. The molecule has 2 aliphatic heterocycles. The van der Waals surface area contributed by atoms with E-state index in [-0.39, 0.29) is 29.6 Å². The molecule has 8 nitrogen and oxygen atoms in total. The number of H-pyrrole nitrogens is 1. The molecule has 1 fully saturated rings. The number of carbonyl (C=O) groups is 3. The Bertz CT molecular complexity index is 1930.